The highest BCUT2D eigenvalue weighted by molar-refractivity contribution is 9.08. The van der Waals surface area contributed by atoms with Gasteiger partial charge in [-0.15, -0.1) is 0 Å². The maximum Gasteiger partial charge on any atom is 0.0426 e. The van der Waals surface area contributed by atoms with Crippen LogP contribution < -0.4 is 4.90 Å². The molecule has 0 saturated heterocycles. The quantitative estimate of drug-likeness (QED) is 0.596. The molecule has 0 spiro atoms. The minimum atomic E-state index is 0.757. The van der Waals surface area contributed by atoms with Crippen LogP contribution in [0.5, 0.6) is 0 Å². The van der Waals surface area contributed by atoms with E-state index in [9.17, 15) is 0 Å². The molecule has 0 amide bonds. The molecule has 102 valence electrons. The number of rotatable bonds is 7. The molecule has 1 aromatic rings. The first-order valence-corrected chi connectivity index (χ1v) is 8.25. The molecule has 0 heterocycles. The van der Waals surface area contributed by atoms with E-state index in [1.807, 2.05) is 6.07 Å². The summed E-state index contributed by atoms with van der Waals surface area (Å²) in [4.78, 5) is 2.44. The molecule has 0 saturated carbocycles. The number of halogens is 2. The second-order valence-corrected chi connectivity index (χ2v) is 5.62. The van der Waals surface area contributed by atoms with Crippen LogP contribution in [0.25, 0.3) is 0 Å². The molecule has 0 aliphatic rings. The molecule has 0 radical (unpaired) electrons. The van der Waals surface area contributed by atoms with Crippen molar-refractivity contribution in [1.82, 2.24) is 0 Å². The van der Waals surface area contributed by atoms with E-state index in [2.05, 4.69) is 53.7 Å². The molecular formula is C15H23BrClN. The van der Waals surface area contributed by atoms with Gasteiger partial charge in [0.25, 0.3) is 0 Å². The van der Waals surface area contributed by atoms with Crippen LogP contribution in [0.15, 0.2) is 18.2 Å². The van der Waals surface area contributed by atoms with Gasteiger partial charge in [0.1, 0.15) is 0 Å². The van der Waals surface area contributed by atoms with Crippen molar-refractivity contribution in [2.45, 2.75) is 38.9 Å². The number of hydrogen-bond acceptors (Lipinski definition) is 1. The number of nitrogens with zero attached hydrogens (tertiary/aromatic N) is 1. The lowest BCUT2D eigenvalue weighted by molar-refractivity contribution is 0.486. The molecule has 0 N–H and O–H groups in total. The second kappa shape index (κ2) is 8.06. The Kier molecular flexibility index (Phi) is 7.10. The smallest absolute Gasteiger partial charge is 0.0426 e. The molecule has 0 atom stereocenters. The summed E-state index contributed by atoms with van der Waals surface area (Å²) in [7, 11) is 0. The van der Waals surface area contributed by atoms with Gasteiger partial charge in [-0.3, -0.25) is 0 Å². The van der Waals surface area contributed by atoms with Gasteiger partial charge >= 0.3 is 0 Å². The van der Waals surface area contributed by atoms with Crippen molar-refractivity contribution < 1.29 is 0 Å². The average Bonchev–Trinajstić information content (AvgIpc) is 2.40. The third-order valence-electron chi connectivity index (χ3n) is 3.55. The summed E-state index contributed by atoms with van der Waals surface area (Å²) in [6.07, 6.45) is 2.47. The molecule has 0 fully saturated rings. The maximum absolute atomic E-state index is 6.14. The zero-order valence-corrected chi connectivity index (χ0v) is 13.9. The fourth-order valence-corrected chi connectivity index (χ4v) is 2.84. The zero-order valence-electron chi connectivity index (χ0n) is 11.5. The van der Waals surface area contributed by atoms with Gasteiger partial charge in [0.2, 0.25) is 0 Å². The summed E-state index contributed by atoms with van der Waals surface area (Å²) in [5.41, 5.74) is 2.58. The fraction of sp³-hybridized carbons (Fsp3) is 0.600. The summed E-state index contributed by atoms with van der Waals surface area (Å²) in [5, 5.41) is 1.69. The number of hydrogen-bond donors (Lipinski definition) is 0. The first kappa shape index (κ1) is 15.8. The van der Waals surface area contributed by atoms with Crippen LogP contribution in [0.2, 0.25) is 5.02 Å². The first-order chi connectivity index (χ1) is 8.65. The molecule has 0 bridgehead atoms. The van der Waals surface area contributed by atoms with Gasteiger partial charge in [0, 0.05) is 29.1 Å². The summed E-state index contributed by atoms with van der Waals surface area (Å²) in [5.74, 6) is 0.757. The average molecular weight is 333 g/mol. The van der Waals surface area contributed by atoms with Gasteiger partial charge in [-0.25, -0.2) is 0 Å². The molecule has 0 unspecified atom stereocenters. The Morgan fingerprint density at radius 2 is 1.89 bits per heavy atom. The maximum atomic E-state index is 6.14. The molecule has 1 rings (SSSR count). The number of benzene rings is 1. The standard InChI is InChI=1S/C15H23BrClN/c1-4-12(5-2)11-18(6-3)15-9-14(17)8-7-13(15)10-16/h7-9,12H,4-6,10-11H2,1-3H3. The van der Waals surface area contributed by atoms with Crippen molar-refractivity contribution in [3.8, 4) is 0 Å². The Balaban J connectivity index is 2.96. The second-order valence-electron chi connectivity index (χ2n) is 4.63. The van der Waals surface area contributed by atoms with Crippen molar-refractivity contribution in [3.05, 3.63) is 28.8 Å². The Morgan fingerprint density at radius 1 is 1.22 bits per heavy atom. The van der Waals surface area contributed by atoms with Gasteiger partial charge in [0.15, 0.2) is 0 Å². The van der Waals surface area contributed by atoms with Crippen LogP contribution >= 0.6 is 27.5 Å². The van der Waals surface area contributed by atoms with Crippen LogP contribution in [0.3, 0.4) is 0 Å². The largest absolute Gasteiger partial charge is 0.371 e. The summed E-state index contributed by atoms with van der Waals surface area (Å²) < 4.78 is 0. The van der Waals surface area contributed by atoms with Gasteiger partial charge in [-0.05, 0) is 30.5 Å². The predicted octanol–water partition coefficient (Wildman–Crippen LogP) is 5.50. The van der Waals surface area contributed by atoms with E-state index in [1.165, 1.54) is 24.1 Å². The fourth-order valence-electron chi connectivity index (χ4n) is 2.20. The van der Waals surface area contributed by atoms with Gasteiger partial charge < -0.3 is 4.90 Å². The third kappa shape index (κ3) is 4.17. The predicted molar refractivity (Wildman–Crippen MR) is 86.0 cm³/mol. The Hall–Kier alpha value is -0.210. The van der Waals surface area contributed by atoms with E-state index >= 15 is 0 Å². The molecule has 3 heteroatoms. The van der Waals surface area contributed by atoms with E-state index < -0.39 is 0 Å². The van der Waals surface area contributed by atoms with Crippen molar-refractivity contribution >= 4 is 33.2 Å². The molecule has 1 aromatic carbocycles. The van der Waals surface area contributed by atoms with E-state index in [1.54, 1.807) is 0 Å². The molecular weight excluding hydrogens is 310 g/mol. The van der Waals surface area contributed by atoms with E-state index in [0.29, 0.717) is 0 Å². The number of anilines is 1. The molecule has 0 aliphatic heterocycles. The molecule has 0 aromatic heterocycles. The lowest BCUT2D eigenvalue weighted by Gasteiger charge is -2.29. The van der Waals surface area contributed by atoms with E-state index in [-0.39, 0.29) is 0 Å². The first-order valence-electron chi connectivity index (χ1n) is 6.75. The zero-order chi connectivity index (χ0) is 13.5. The molecule has 18 heavy (non-hydrogen) atoms. The summed E-state index contributed by atoms with van der Waals surface area (Å²) in [6.45, 7) is 8.89. The Bertz CT molecular complexity index is 364. The van der Waals surface area contributed by atoms with Crippen molar-refractivity contribution in [2.24, 2.45) is 5.92 Å². The highest BCUT2D eigenvalue weighted by Gasteiger charge is 2.14. The number of alkyl halides is 1. The van der Waals surface area contributed by atoms with Crippen LogP contribution in [0.1, 0.15) is 39.2 Å². The topological polar surface area (TPSA) is 3.24 Å². The molecule has 1 nitrogen and oxygen atoms in total. The minimum Gasteiger partial charge on any atom is -0.371 e. The minimum absolute atomic E-state index is 0.757. The van der Waals surface area contributed by atoms with Gasteiger partial charge in [-0.1, -0.05) is 60.3 Å². The Labute approximate surface area is 125 Å². The van der Waals surface area contributed by atoms with Crippen LogP contribution in [0, 0.1) is 5.92 Å². The highest BCUT2D eigenvalue weighted by atomic mass is 79.9. The monoisotopic (exact) mass is 331 g/mol. The van der Waals surface area contributed by atoms with Crippen molar-refractivity contribution in [1.29, 1.82) is 0 Å². The third-order valence-corrected chi connectivity index (χ3v) is 4.39. The summed E-state index contributed by atoms with van der Waals surface area (Å²) >= 11 is 9.70. The van der Waals surface area contributed by atoms with Crippen molar-refractivity contribution in [3.63, 3.8) is 0 Å². The van der Waals surface area contributed by atoms with Crippen LogP contribution in [-0.2, 0) is 5.33 Å². The normalized spacial score (nSPS) is 11.0. The molecule has 0 aliphatic carbocycles. The van der Waals surface area contributed by atoms with Gasteiger partial charge in [0.05, 0.1) is 0 Å². The Morgan fingerprint density at radius 3 is 2.39 bits per heavy atom. The van der Waals surface area contributed by atoms with Crippen molar-refractivity contribution in [2.75, 3.05) is 18.0 Å². The SMILES string of the molecule is CCC(CC)CN(CC)c1cc(Cl)ccc1CBr. The van der Waals surface area contributed by atoms with E-state index in [4.69, 9.17) is 11.6 Å². The summed E-state index contributed by atoms with van der Waals surface area (Å²) in [6, 6.07) is 6.17. The highest BCUT2D eigenvalue weighted by Crippen LogP contribution is 2.28. The lowest BCUT2D eigenvalue weighted by Crippen LogP contribution is -2.29. The van der Waals surface area contributed by atoms with Crippen LogP contribution in [0.4, 0.5) is 5.69 Å². The van der Waals surface area contributed by atoms with Gasteiger partial charge in [-0.2, -0.15) is 0 Å². The van der Waals surface area contributed by atoms with Crippen LogP contribution in [-0.4, -0.2) is 13.1 Å². The van der Waals surface area contributed by atoms with E-state index in [0.717, 1.165) is 29.4 Å². The lowest BCUT2D eigenvalue weighted by atomic mass is 10.0.